The summed E-state index contributed by atoms with van der Waals surface area (Å²) in [6.07, 6.45) is 9.63. The zero-order valence-electron chi connectivity index (χ0n) is 24.6. The van der Waals surface area contributed by atoms with Crippen LogP contribution in [0.25, 0.3) is 6.08 Å². The number of thioether (sulfide) groups is 1. The Kier molecular flexibility index (Phi) is 10.8. The van der Waals surface area contributed by atoms with Crippen LogP contribution in [0.4, 0.5) is 10.7 Å². The molecule has 0 spiro atoms. The zero-order valence-corrected chi connectivity index (χ0v) is 26.3. The third-order valence-electron chi connectivity index (χ3n) is 7.05. The Balaban J connectivity index is 1.25. The van der Waals surface area contributed by atoms with Crippen molar-refractivity contribution in [3.05, 3.63) is 112 Å². The molecule has 0 aliphatic heterocycles. The van der Waals surface area contributed by atoms with E-state index in [9.17, 15) is 19.2 Å². The summed E-state index contributed by atoms with van der Waals surface area (Å²) in [7, 11) is 1.35. The third kappa shape index (κ3) is 8.46. The molecule has 45 heavy (non-hydrogen) atoms. The lowest BCUT2D eigenvalue weighted by Crippen LogP contribution is -2.30. The normalized spacial score (nSPS) is 12.8. The Bertz CT molecular complexity index is 1720. The number of carbonyl (C=O) groups is 4. The van der Waals surface area contributed by atoms with Crippen molar-refractivity contribution in [1.82, 2.24) is 10.3 Å². The number of aryl methyl sites for hydroxylation is 1. The second-order valence-electron chi connectivity index (χ2n) is 10.2. The molecule has 11 heteroatoms. The molecule has 9 nitrogen and oxygen atoms in total. The number of hydrogen-bond acceptors (Lipinski definition) is 8. The monoisotopic (exact) mass is 640 g/mol. The number of hydrogen-bond donors (Lipinski definition) is 3. The molecular formula is C34H32N4O5S2. The number of carbonyl (C=O) groups excluding carboxylic acids is 4. The van der Waals surface area contributed by atoms with Gasteiger partial charge in [-0.15, -0.1) is 23.1 Å². The number of amides is 3. The van der Waals surface area contributed by atoms with Crippen LogP contribution in [-0.4, -0.2) is 41.5 Å². The van der Waals surface area contributed by atoms with Crippen LogP contribution >= 0.6 is 23.1 Å². The minimum atomic E-state index is -0.518. The minimum Gasteiger partial charge on any atom is -0.465 e. The first-order valence-corrected chi connectivity index (χ1v) is 16.3. The lowest BCUT2D eigenvalue weighted by Gasteiger charge is -2.12. The number of pyridine rings is 1. The van der Waals surface area contributed by atoms with E-state index in [2.05, 4.69) is 20.9 Å². The lowest BCUT2D eigenvalue weighted by molar-refractivity contribution is -0.114. The topological polar surface area (TPSA) is 126 Å². The van der Waals surface area contributed by atoms with Crippen LogP contribution in [0.2, 0.25) is 0 Å². The molecule has 3 N–H and O–H groups in total. The summed E-state index contributed by atoms with van der Waals surface area (Å²) in [6.45, 7) is 0. The van der Waals surface area contributed by atoms with Crippen molar-refractivity contribution < 1.29 is 23.9 Å². The van der Waals surface area contributed by atoms with Crippen molar-refractivity contribution in [2.24, 2.45) is 0 Å². The van der Waals surface area contributed by atoms with E-state index in [4.69, 9.17) is 4.74 Å². The van der Waals surface area contributed by atoms with Gasteiger partial charge < -0.3 is 20.7 Å². The highest BCUT2D eigenvalue weighted by atomic mass is 32.2. The molecule has 0 unspecified atom stereocenters. The predicted molar refractivity (Wildman–Crippen MR) is 177 cm³/mol. The molecule has 1 aliphatic carbocycles. The molecule has 4 aromatic rings. The van der Waals surface area contributed by atoms with E-state index in [-0.39, 0.29) is 17.4 Å². The number of methoxy groups -OCH3 is 1. The van der Waals surface area contributed by atoms with Gasteiger partial charge in [-0.1, -0.05) is 36.8 Å². The SMILES string of the molecule is COC(=O)c1c(NC(=O)CSc2cccc(NC(=O)/C(=C/c3cccnc3)NC(=O)c3ccccc3)c2)sc2c1CCCCC2. The number of aromatic nitrogens is 1. The Morgan fingerprint density at radius 1 is 0.956 bits per heavy atom. The van der Waals surface area contributed by atoms with Crippen LogP contribution in [0.5, 0.6) is 0 Å². The minimum absolute atomic E-state index is 0.0463. The maximum Gasteiger partial charge on any atom is 0.341 e. The number of esters is 1. The smallest absolute Gasteiger partial charge is 0.341 e. The van der Waals surface area contributed by atoms with Crippen LogP contribution in [0.1, 0.15) is 56.0 Å². The maximum absolute atomic E-state index is 13.4. The first-order chi connectivity index (χ1) is 21.9. The summed E-state index contributed by atoms with van der Waals surface area (Å²) >= 11 is 2.75. The first kappa shape index (κ1) is 31.7. The first-order valence-electron chi connectivity index (χ1n) is 14.5. The third-order valence-corrected chi connectivity index (χ3v) is 9.25. The highest BCUT2D eigenvalue weighted by Gasteiger charge is 2.26. The molecule has 0 bridgehead atoms. The average molecular weight is 641 g/mol. The van der Waals surface area contributed by atoms with Gasteiger partial charge in [0.2, 0.25) is 5.91 Å². The number of anilines is 2. The number of benzene rings is 2. The highest BCUT2D eigenvalue weighted by molar-refractivity contribution is 8.00. The van der Waals surface area contributed by atoms with Crippen molar-refractivity contribution >= 4 is 63.6 Å². The van der Waals surface area contributed by atoms with Crippen LogP contribution in [0.15, 0.2) is 89.7 Å². The van der Waals surface area contributed by atoms with Gasteiger partial charge in [0.25, 0.3) is 11.8 Å². The quantitative estimate of drug-likeness (QED) is 0.0799. The fourth-order valence-electron chi connectivity index (χ4n) is 4.89. The largest absolute Gasteiger partial charge is 0.465 e. The molecular weight excluding hydrogens is 609 g/mol. The Morgan fingerprint density at radius 2 is 1.78 bits per heavy atom. The Hall–Kier alpha value is -4.74. The molecule has 5 rings (SSSR count). The fraction of sp³-hybridized carbons (Fsp3) is 0.206. The van der Waals surface area contributed by atoms with Crippen molar-refractivity contribution in [1.29, 1.82) is 0 Å². The van der Waals surface area contributed by atoms with Crippen molar-refractivity contribution in [2.45, 2.75) is 37.0 Å². The summed E-state index contributed by atoms with van der Waals surface area (Å²) in [5.74, 6) is -1.52. The van der Waals surface area contributed by atoms with Crippen molar-refractivity contribution in [3.63, 3.8) is 0 Å². The molecule has 1 aliphatic rings. The predicted octanol–water partition coefficient (Wildman–Crippen LogP) is 6.34. The number of nitrogens with zero attached hydrogens (tertiary/aromatic N) is 1. The van der Waals surface area contributed by atoms with Crippen LogP contribution in [0.3, 0.4) is 0 Å². The molecule has 230 valence electrons. The van der Waals surface area contributed by atoms with Gasteiger partial charge in [0.05, 0.1) is 18.4 Å². The molecule has 0 saturated carbocycles. The van der Waals surface area contributed by atoms with Gasteiger partial charge in [0, 0.05) is 33.4 Å². The molecule has 2 aromatic heterocycles. The zero-order chi connectivity index (χ0) is 31.6. The second-order valence-corrected chi connectivity index (χ2v) is 12.4. The maximum atomic E-state index is 13.4. The van der Waals surface area contributed by atoms with Crippen LogP contribution in [-0.2, 0) is 27.2 Å². The Morgan fingerprint density at radius 3 is 2.56 bits per heavy atom. The van der Waals surface area contributed by atoms with Crippen LogP contribution < -0.4 is 16.0 Å². The molecule has 0 saturated heterocycles. The van der Waals surface area contributed by atoms with E-state index in [1.165, 1.54) is 30.2 Å². The number of nitrogens with one attached hydrogen (secondary N) is 3. The van der Waals surface area contributed by atoms with Gasteiger partial charge in [0.1, 0.15) is 10.7 Å². The number of fused-ring (bicyclic) bond motifs is 1. The van der Waals surface area contributed by atoms with Crippen LogP contribution in [0, 0.1) is 0 Å². The highest BCUT2D eigenvalue weighted by Crippen LogP contribution is 2.38. The van der Waals surface area contributed by atoms with Gasteiger partial charge in [0.15, 0.2) is 0 Å². The summed E-state index contributed by atoms with van der Waals surface area (Å²) in [6, 6.07) is 19.2. The molecule has 2 aromatic carbocycles. The Labute approximate surface area is 269 Å². The van der Waals surface area contributed by atoms with Gasteiger partial charge in [-0.3, -0.25) is 19.4 Å². The average Bonchev–Trinajstić information content (AvgIpc) is 3.23. The van der Waals surface area contributed by atoms with E-state index in [0.29, 0.717) is 27.4 Å². The molecule has 0 fully saturated rings. The number of thiophene rings is 1. The summed E-state index contributed by atoms with van der Waals surface area (Å²) in [4.78, 5) is 57.8. The lowest BCUT2D eigenvalue weighted by atomic mass is 10.1. The standard InChI is InChI=1S/C34H32N4O5S2/c1-43-34(42)30-26-15-6-3-7-16-28(26)45-33(30)38-29(39)21-44-25-14-8-13-24(19-25)36-32(41)27(18-22-10-9-17-35-20-22)37-31(40)23-11-4-2-5-12-23/h2,4-5,8-14,17-20H,3,6-7,15-16,21H2,1H3,(H,36,41)(H,37,40)(H,38,39)/b27-18-. The van der Waals surface area contributed by atoms with E-state index in [1.54, 1.807) is 79.1 Å². The van der Waals surface area contributed by atoms with E-state index in [0.717, 1.165) is 47.4 Å². The van der Waals surface area contributed by atoms with Gasteiger partial charge in [-0.05, 0) is 79.3 Å². The summed E-state index contributed by atoms with van der Waals surface area (Å²) < 4.78 is 5.04. The molecule has 0 radical (unpaired) electrons. The fourth-order valence-corrected chi connectivity index (χ4v) is 6.94. The van der Waals surface area contributed by atoms with E-state index in [1.807, 2.05) is 6.07 Å². The van der Waals surface area contributed by atoms with Crippen molar-refractivity contribution in [3.8, 4) is 0 Å². The van der Waals surface area contributed by atoms with Gasteiger partial charge in [-0.2, -0.15) is 0 Å². The summed E-state index contributed by atoms with van der Waals surface area (Å²) in [5, 5.41) is 9.01. The molecule has 2 heterocycles. The number of rotatable bonds is 10. The number of ether oxygens (including phenoxy) is 1. The van der Waals surface area contributed by atoms with Gasteiger partial charge >= 0.3 is 5.97 Å². The summed E-state index contributed by atoms with van der Waals surface area (Å²) in [5.41, 5.74) is 3.06. The van der Waals surface area contributed by atoms with Gasteiger partial charge in [-0.25, -0.2) is 4.79 Å². The van der Waals surface area contributed by atoms with E-state index >= 15 is 0 Å². The molecule has 0 atom stereocenters. The van der Waals surface area contributed by atoms with E-state index < -0.39 is 17.8 Å². The second kappa shape index (κ2) is 15.3. The van der Waals surface area contributed by atoms with Crippen molar-refractivity contribution in [2.75, 3.05) is 23.5 Å². The molecule has 3 amide bonds.